The number of fused-ring (bicyclic) bond motifs is 2. The lowest BCUT2D eigenvalue weighted by molar-refractivity contribution is -0.0501. The molecule has 2 aliphatic heterocycles. The molecule has 4 unspecified atom stereocenters. The molecule has 35 heteroatoms. The van der Waals surface area contributed by atoms with Crippen LogP contribution in [-0.2, 0) is 83.4 Å². The molecule has 0 amide bonds. The molecule has 8 rings (SSSR count). The maximum atomic E-state index is 13.5. The average molecular weight is 1110 g/mol. The summed E-state index contributed by atoms with van der Waals surface area (Å²) in [5.41, 5.74) is 13.0. The maximum Gasteiger partial charge on any atom is 0.339 e. The standard InChI is InChI=1S/C34H36N10O17P4S4/c35-28-21-30(39-12-37-28)43(14-41-21)32-25(47)24(46)19(56-32)10-54-62(50,66)59-64(52,68)61-65(53,69)60-63(51,67)55-11-20-27(26(48)33(57-20)44-15-42-22-29(36)38-13-40-31(22)44)58-34(49)18-8-6-17(7-9-18)23(45)16-4-2-1-3-5-16/h1-9,12-15,19-20,24-27,32-33,46-48H,10-11H2,(H,50,66)(H,51,67)(H,52,68)(H,53,69)(H2,35,37,39)(H2,36,38,40)/t19-,20-,24-,25-,26-,27-,32-,33-,62?,63?,64?,65?/m1/s1. The molecule has 2 fully saturated rings. The zero-order chi connectivity index (χ0) is 49.6. The third kappa shape index (κ3) is 11.7. The van der Waals surface area contributed by atoms with E-state index in [4.69, 9.17) is 94.9 Å². The molecule has 368 valence electrons. The summed E-state index contributed by atoms with van der Waals surface area (Å²) in [7, 11) is 0. The van der Waals surface area contributed by atoms with Crippen LogP contribution < -0.4 is 11.5 Å². The highest BCUT2D eigenvalue weighted by Gasteiger charge is 2.50. The second-order valence-corrected chi connectivity index (χ2v) is 26.4. The van der Waals surface area contributed by atoms with E-state index in [2.05, 4.69) is 29.9 Å². The molecular formula is C34H36N10O17P4S4. The van der Waals surface area contributed by atoms with Gasteiger partial charge in [-0.3, -0.25) is 13.9 Å². The van der Waals surface area contributed by atoms with Crippen molar-refractivity contribution in [2.24, 2.45) is 0 Å². The highest BCUT2D eigenvalue weighted by atomic mass is 32.5. The summed E-state index contributed by atoms with van der Waals surface area (Å²) in [6.45, 7) is -21.0. The number of aliphatic hydroxyl groups excluding tert-OH is 3. The number of aromatic nitrogens is 8. The Morgan fingerprint density at radius 2 is 1.04 bits per heavy atom. The van der Waals surface area contributed by atoms with Crippen molar-refractivity contribution in [2.45, 2.75) is 49.1 Å². The lowest BCUT2D eigenvalue weighted by Crippen LogP contribution is -2.38. The van der Waals surface area contributed by atoms with Gasteiger partial charge in [0.1, 0.15) is 54.2 Å². The van der Waals surface area contributed by atoms with Crippen LogP contribution in [0.4, 0.5) is 11.6 Å². The molecule has 69 heavy (non-hydrogen) atoms. The number of hydrogen-bond acceptors (Lipinski definition) is 25. The van der Waals surface area contributed by atoms with Crippen molar-refractivity contribution in [1.82, 2.24) is 39.0 Å². The van der Waals surface area contributed by atoms with Crippen molar-refractivity contribution in [3.05, 3.63) is 96.6 Å². The van der Waals surface area contributed by atoms with E-state index < -0.39 is 95.1 Å². The maximum absolute atomic E-state index is 13.5. The summed E-state index contributed by atoms with van der Waals surface area (Å²) >= 11 is 19.8. The molecular weight excluding hydrogens is 1070 g/mol. The first kappa shape index (κ1) is 51.7. The Morgan fingerprint density at radius 3 is 1.58 bits per heavy atom. The van der Waals surface area contributed by atoms with Crippen molar-refractivity contribution in [2.75, 3.05) is 24.7 Å². The highest BCUT2D eigenvalue weighted by Crippen LogP contribution is 2.72. The Bertz CT molecular complexity index is 3110. The fourth-order valence-electron chi connectivity index (χ4n) is 6.95. The minimum absolute atomic E-state index is 0.00535. The second-order valence-electron chi connectivity index (χ2n) is 14.6. The summed E-state index contributed by atoms with van der Waals surface area (Å²) in [5, 5.41) is 33.0. The number of carbonyl (C=O) groups excluding carboxylic acids is 2. The number of benzene rings is 2. The van der Waals surface area contributed by atoms with Gasteiger partial charge < -0.3 is 69.6 Å². The average Bonchev–Trinajstić information content (AvgIpc) is 4.06. The number of carbonyl (C=O) groups is 2. The number of hydrogen-bond donors (Lipinski definition) is 9. The number of nitrogen functional groups attached to an aromatic ring is 2. The van der Waals surface area contributed by atoms with Crippen molar-refractivity contribution >= 4 is 120 Å². The van der Waals surface area contributed by atoms with Crippen LogP contribution in [0.3, 0.4) is 0 Å². The number of ketones is 1. The van der Waals surface area contributed by atoms with Gasteiger partial charge in [-0.2, -0.15) is 0 Å². The lowest BCUT2D eigenvalue weighted by atomic mass is 10.0. The van der Waals surface area contributed by atoms with Gasteiger partial charge in [0.25, 0.3) is 0 Å². The molecule has 11 N–H and O–H groups in total. The largest absolute Gasteiger partial charge is 0.453 e. The number of nitrogens with zero attached hydrogens (tertiary/aromatic N) is 8. The number of aliphatic hydroxyl groups is 3. The minimum Gasteiger partial charge on any atom is -0.453 e. The Hall–Kier alpha value is -3.68. The second kappa shape index (κ2) is 20.4. The molecule has 12 atom stereocenters. The molecule has 4 aromatic heterocycles. The normalized spacial score (nSPS) is 26.2. The van der Waals surface area contributed by atoms with Gasteiger partial charge in [-0.05, 0) is 59.4 Å². The van der Waals surface area contributed by atoms with Gasteiger partial charge in [0.2, 0.25) is 0 Å². The van der Waals surface area contributed by atoms with E-state index in [-0.39, 0.29) is 50.9 Å². The van der Waals surface area contributed by atoms with Crippen molar-refractivity contribution in [1.29, 1.82) is 0 Å². The quantitative estimate of drug-likeness (QED) is 0.0331. The predicted octanol–water partition coefficient (Wildman–Crippen LogP) is 1.11. The van der Waals surface area contributed by atoms with Crippen LogP contribution in [0.25, 0.3) is 22.3 Å². The zero-order valence-electron chi connectivity index (χ0n) is 34.4. The van der Waals surface area contributed by atoms with Crippen LogP contribution >= 0.6 is 26.9 Å². The number of ether oxygens (including phenoxy) is 3. The molecule has 6 aromatic rings. The molecule has 0 spiro atoms. The molecule has 2 aliphatic rings. The minimum atomic E-state index is -4.99. The smallest absolute Gasteiger partial charge is 0.339 e. The van der Waals surface area contributed by atoms with Gasteiger partial charge in [-0.25, -0.2) is 47.6 Å². The van der Waals surface area contributed by atoms with Crippen LogP contribution in [0.15, 0.2) is 79.9 Å². The molecule has 0 bridgehead atoms. The van der Waals surface area contributed by atoms with E-state index in [9.17, 15) is 44.5 Å². The van der Waals surface area contributed by atoms with Gasteiger partial charge in [0.05, 0.1) is 31.4 Å². The summed E-state index contributed by atoms with van der Waals surface area (Å²) in [5.74, 6) is -1.23. The predicted molar refractivity (Wildman–Crippen MR) is 252 cm³/mol. The molecule has 6 heterocycles. The van der Waals surface area contributed by atoms with E-state index >= 15 is 0 Å². The highest BCUT2D eigenvalue weighted by molar-refractivity contribution is 8.19. The fourth-order valence-corrected chi connectivity index (χ4v) is 18.3. The summed E-state index contributed by atoms with van der Waals surface area (Å²) in [4.78, 5) is 94.1. The van der Waals surface area contributed by atoms with E-state index in [1.165, 1.54) is 46.1 Å². The number of esters is 1. The van der Waals surface area contributed by atoms with Gasteiger partial charge in [0, 0.05) is 11.1 Å². The number of rotatable bonds is 18. The van der Waals surface area contributed by atoms with E-state index in [1.807, 2.05) is 0 Å². The Morgan fingerprint density at radius 1 is 0.594 bits per heavy atom. The van der Waals surface area contributed by atoms with Gasteiger partial charge in [0.15, 0.2) is 47.3 Å². The van der Waals surface area contributed by atoms with E-state index in [1.54, 1.807) is 30.3 Å². The van der Waals surface area contributed by atoms with Crippen LogP contribution in [0, 0.1) is 0 Å². The number of nitrogens with two attached hydrogens (primary N) is 2. The molecule has 27 nitrogen and oxygen atoms in total. The van der Waals surface area contributed by atoms with E-state index in [0.717, 1.165) is 12.7 Å². The summed E-state index contributed by atoms with van der Waals surface area (Å²) in [6, 6.07) is 13.9. The van der Waals surface area contributed by atoms with Gasteiger partial charge >= 0.3 is 32.8 Å². The Kier molecular flexibility index (Phi) is 15.3. The summed E-state index contributed by atoms with van der Waals surface area (Å²) in [6.07, 6.45) is -7.27. The van der Waals surface area contributed by atoms with E-state index in [0.29, 0.717) is 5.56 Å². The topological polar surface area (TPSA) is 389 Å². The van der Waals surface area contributed by atoms with Crippen LogP contribution in [0.1, 0.15) is 38.7 Å². The number of imidazole rings is 2. The van der Waals surface area contributed by atoms with Crippen LogP contribution in [0.5, 0.6) is 0 Å². The zero-order valence-corrected chi connectivity index (χ0v) is 41.2. The van der Waals surface area contributed by atoms with Crippen molar-refractivity contribution < 1.29 is 80.7 Å². The Labute approximate surface area is 407 Å². The Balaban J connectivity index is 0.903. The molecule has 2 saturated heterocycles. The van der Waals surface area contributed by atoms with Crippen LogP contribution in [-0.4, -0.2) is 136 Å². The molecule has 2 aromatic carbocycles. The van der Waals surface area contributed by atoms with Crippen molar-refractivity contribution in [3.8, 4) is 0 Å². The first-order valence-corrected chi connectivity index (χ1v) is 29.7. The first-order chi connectivity index (χ1) is 32.5. The lowest BCUT2D eigenvalue weighted by Gasteiger charge is -2.27. The van der Waals surface area contributed by atoms with Gasteiger partial charge in [-0.1, -0.05) is 42.5 Å². The third-order valence-corrected chi connectivity index (χ3v) is 20.2. The third-order valence-electron chi connectivity index (χ3n) is 10.1. The SMILES string of the molecule is Nc1ncnc2c1ncn2[C@@H]1O[C@H](COP(O)(=S)OP(O)(=S)OP(O)(=S)OP(O)(=S)OC[C@H]2O[C@@H](n3cnc4c(N)ncnc43)[C@H](O)[C@@H]2OC(=O)c2ccc(C(=O)c3ccccc3)cc2)[C@@H](O)[C@H]1O. The summed E-state index contributed by atoms with van der Waals surface area (Å²) < 4.78 is 45.5. The van der Waals surface area contributed by atoms with Crippen molar-refractivity contribution in [3.63, 3.8) is 0 Å². The first-order valence-electron chi connectivity index (χ1n) is 19.4. The number of anilines is 2. The fraction of sp³-hybridized carbons (Fsp3) is 0.294. The monoisotopic (exact) mass is 1110 g/mol. The molecule has 0 radical (unpaired) electrons. The molecule has 0 saturated carbocycles. The van der Waals surface area contributed by atoms with Gasteiger partial charge in [-0.15, -0.1) is 0 Å². The molecule has 0 aliphatic carbocycles. The van der Waals surface area contributed by atoms with Crippen LogP contribution in [0.2, 0.25) is 0 Å².